The van der Waals surface area contributed by atoms with Crippen molar-refractivity contribution in [3.63, 3.8) is 0 Å². The standard InChI is InChI=1S/C12H14BrN3O2/c1-8-12(13)9(2)16(15-8)7-11(17)14-6-10-4-3-5-18-10/h3-5H,6-7H2,1-2H3,(H,14,17). The molecule has 2 rings (SSSR count). The molecule has 0 aromatic carbocycles. The van der Waals surface area contributed by atoms with Crippen molar-refractivity contribution in [3.05, 3.63) is 40.0 Å². The molecule has 5 nitrogen and oxygen atoms in total. The molecule has 0 fully saturated rings. The van der Waals surface area contributed by atoms with E-state index in [1.807, 2.05) is 19.9 Å². The molecule has 96 valence electrons. The van der Waals surface area contributed by atoms with Crippen molar-refractivity contribution in [2.75, 3.05) is 0 Å². The quantitative estimate of drug-likeness (QED) is 0.941. The molecule has 2 heterocycles. The normalized spacial score (nSPS) is 10.6. The van der Waals surface area contributed by atoms with E-state index in [2.05, 4.69) is 26.3 Å². The molecular weight excluding hydrogens is 298 g/mol. The first-order valence-corrected chi connectivity index (χ1v) is 6.36. The van der Waals surface area contributed by atoms with E-state index in [1.54, 1.807) is 17.0 Å². The number of carbonyl (C=O) groups excluding carboxylic acids is 1. The minimum atomic E-state index is -0.0931. The van der Waals surface area contributed by atoms with Crippen LogP contribution in [0, 0.1) is 13.8 Å². The molecular formula is C12H14BrN3O2. The lowest BCUT2D eigenvalue weighted by molar-refractivity contribution is -0.122. The summed E-state index contributed by atoms with van der Waals surface area (Å²) >= 11 is 3.43. The predicted molar refractivity (Wildman–Crippen MR) is 70.0 cm³/mol. The number of amides is 1. The maximum atomic E-state index is 11.8. The zero-order valence-electron chi connectivity index (χ0n) is 10.2. The first-order valence-electron chi connectivity index (χ1n) is 5.56. The van der Waals surface area contributed by atoms with Gasteiger partial charge in [0.2, 0.25) is 5.91 Å². The van der Waals surface area contributed by atoms with E-state index in [-0.39, 0.29) is 12.5 Å². The van der Waals surface area contributed by atoms with Crippen LogP contribution in [0.3, 0.4) is 0 Å². The van der Waals surface area contributed by atoms with Gasteiger partial charge >= 0.3 is 0 Å². The van der Waals surface area contributed by atoms with Gasteiger partial charge in [0, 0.05) is 0 Å². The van der Waals surface area contributed by atoms with Gasteiger partial charge in [-0.05, 0) is 41.9 Å². The molecule has 0 atom stereocenters. The minimum Gasteiger partial charge on any atom is -0.467 e. The third kappa shape index (κ3) is 2.81. The van der Waals surface area contributed by atoms with E-state index in [9.17, 15) is 4.79 Å². The summed E-state index contributed by atoms with van der Waals surface area (Å²) in [6.07, 6.45) is 1.58. The molecule has 0 saturated heterocycles. The number of nitrogens with zero attached hydrogens (tertiary/aromatic N) is 2. The van der Waals surface area contributed by atoms with Crippen molar-refractivity contribution in [1.82, 2.24) is 15.1 Å². The topological polar surface area (TPSA) is 60.1 Å². The second-order valence-corrected chi connectivity index (χ2v) is 4.79. The average molecular weight is 312 g/mol. The third-order valence-electron chi connectivity index (χ3n) is 2.63. The van der Waals surface area contributed by atoms with Gasteiger partial charge in [0.25, 0.3) is 0 Å². The van der Waals surface area contributed by atoms with Crippen LogP contribution < -0.4 is 5.32 Å². The van der Waals surface area contributed by atoms with Crippen molar-refractivity contribution in [1.29, 1.82) is 0 Å². The molecule has 0 saturated carbocycles. The second kappa shape index (κ2) is 5.39. The Morgan fingerprint density at radius 2 is 2.33 bits per heavy atom. The lowest BCUT2D eigenvalue weighted by Gasteiger charge is -2.05. The maximum Gasteiger partial charge on any atom is 0.242 e. The zero-order chi connectivity index (χ0) is 13.1. The highest BCUT2D eigenvalue weighted by Gasteiger charge is 2.11. The van der Waals surface area contributed by atoms with Crippen LogP contribution in [0.1, 0.15) is 17.1 Å². The zero-order valence-corrected chi connectivity index (χ0v) is 11.8. The maximum absolute atomic E-state index is 11.8. The summed E-state index contributed by atoms with van der Waals surface area (Å²) in [6.45, 7) is 4.42. The van der Waals surface area contributed by atoms with Crippen LogP contribution in [0.25, 0.3) is 0 Å². The highest BCUT2D eigenvalue weighted by molar-refractivity contribution is 9.10. The Morgan fingerprint density at radius 1 is 1.56 bits per heavy atom. The van der Waals surface area contributed by atoms with Gasteiger partial charge in [-0.1, -0.05) is 0 Å². The van der Waals surface area contributed by atoms with Crippen LogP contribution in [0.5, 0.6) is 0 Å². The molecule has 18 heavy (non-hydrogen) atoms. The molecule has 1 N–H and O–H groups in total. The Morgan fingerprint density at radius 3 is 2.89 bits per heavy atom. The van der Waals surface area contributed by atoms with Crippen molar-refractivity contribution >= 4 is 21.8 Å². The monoisotopic (exact) mass is 311 g/mol. The van der Waals surface area contributed by atoms with Gasteiger partial charge in [-0.3, -0.25) is 9.48 Å². The Labute approximate surface area is 113 Å². The van der Waals surface area contributed by atoms with Crippen molar-refractivity contribution in [2.45, 2.75) is 26.9 Å². The largest absolute Gasteiger partial charge is 0.467 e. The average Bonchev–Trinajstić information content (AvgIpc) is 2.93. The van der Waals surface area contributed by atoms with E-state index >= 15 is 0 Å². The van der Waals surface area contributed by atoms with E-state index in [0.29, 0.717) is 6.54 Å². The number of rotatable bonds is 4. The fourth-order valence-corrected chi connectivity index (χ4v) is 1.90. The van der Waals surface area contributed by atoms with Crippen LogP contribution in [-0.2, 0) is 17.9 Å². The molecule has 0 aliphatic heterocycles. The highest BCUT2D eigenvalue weighted by atomic mass is 79.9. The first-order chi connectivity index (χ1) is 8.58. The predicted octanol–water partition coefficient (Wildman–Crippen LogP) is 2.17. The third-order valence-corrected chi connectivity index (χ3v) is 3.77. The Hall–Kier alpha value is -1.56. The molecule has 6 heteroatoms. The summed E-state index contributed by atoms with van der Waals surface area (Å²) in [5.41, 5.74) is 1.83. The van der Waals surface area contributed by atoms with Gasteiger partial charge < -0.3 is 9.73 Å². The van der Waals surface area contributed by atoms with Gasteiger partial charge in [-0.2, -0.15) is 5.10 Å². The lowest BCUT2D eigenvalue weighted by Crippen LogP contribution is -2.27. The fourth-order valence-electron chi connectivity index (χ4n) is 1.62. The molecule has 0 radical (unpaired) electrons. The van der Waals surface area contributed by atoms with Gasteiger partial charge in [-0.25, -0.2) is 0 Å². The van der Waals surface area contributed by atoms with Crippen LogP contribution in [-0.4, -0.2) is 15.7 Å². The number of hydrogen-bond acceptors (Lipinski definition) is 3. The molecule has 0 bridgehead atoms. The molecule has 0 aliphatic carbocycles. The molecule has 1 amide bonds. The molecule has 2 aromatic rings. The summed E-state index contributed by atoms with van der Waals surface area (Å²) in [7, 11) is 0. The SMILES string of the molecule is Cc1nn(CC(=O)NCc2ccco2)c(C)c1Br. The van der Waals surface area contributed by atoms with Crippen LogP contribution >= 0.6 is 15.9 Å². The number of furan rings is 1. The number of carbonyl (C=O) groups is 1. The van der Waals surface area contributed by atoms with Crippen LogP contribution in [0.15, 0.2) is 27.3 Å². The van der Waals surface area contributed by atoms with Crippen LogP contribution in [0.2, 0.25) is 0 Å². The first kappa shape index (κ1) is 12.9. The Kier molecular flexibility index (Phi) is 3.86. The van der Waals surface area contributed by atoms with E-state index < -0.39 is 0 Å². The van der Waals surface area contributed by atoms with Gasteiger partial charge in [0.05, 0.1) is 28.7 Å². The fraction of sp³-hybridized carbons (Fsp3) is 0.333. The van der Waals surface area contributed by atoms with E-state index in [0.717, 1.165) is 21.6 Å². The molecule has 0 spiro atoms. The number of hydrogen-bond donors (Lipinski definition) is 1. The number of nitrogens with one attached hydrogen (secondary N) is 1. The van der Waals surface area contributed by atoms with Crippen molar-refractivity contribution < 1.29 is 9.21 Å². The summed E-state index contributed by atoms with van der Waals surface area (Å²) in [5.74, 6) is 0.641. The lowest BCUT2D eigenvalue weighted by atomic mass is 10.4. The minimum absolute atomic E-state index is 0.0931. The van der Waals surface area contributed by atoms with E-state index in [4.69, 9.17) is 4.42 Å². The molecule has 0 unspecified atom stereocenters. The van der Waals surface area contributed by atoms with Crippen LogP contribution in [0.4, 0.5) is 0 Å². The highest BCUT2D eigenvalue weighted by Crippen LogP contribution is 2.19. The van der Waals surface area contributed by atoms with Crippen molar-refractivity contribution in [3.8, 4) is 0 Å². The summed E-state index contributed by atoms with van der Waals surface area (Å²) in [5, 5.41) is 7.06. The Bertz CT molecular complexity index is 546. The smallest absolute Gasteiger partial charge is 0.242 e. The molecule has 0 aliphatic rings. The van der Waals surface area contributed by atoms with E-state index in [1.165, 1.54) is 0 Å². The van der Waals surface area contributed by atoms with Gasteiger partial charge in [0.1, 0.15) is 12.3 Å². The summed E-state index contributed by atoms with van der Waals surface area (Å²) in [4.78, 5) is 11.8. The van der Waals surface area contributed by atoms with Crippen molar-refractivity contribution in [2.24, 2.45) is 0 Å². The van der Waals surface area contributed by atoms with Gasteiger partial charge in [0.15, 0.2) is 0 Å². The Balaban J connectivity index is 1.93. The summed E-state index contributed by atoms with van der Waals surface area (Å²) in [6, 6.07) is 3.61. The number of aromatic nitrogens is 2. The molecule has 2 aromatic heterocycles. The number of halogens is 1. The summed E-state index contributed by atoms with van der Waals surface area (Å²) < 4.78 is 7.76. The second-order valence-electron chi connectivity index (χ2n) is 4.00. The van der Waals surface area contributed by atoms with Gasteiger partial charge in [-0.15, -0.1) is 0 Å². The number of aryl methyl sites for hydroxylation is 1.